The summed E-state index contributed by atoms with van der Waals surface area (Å²) < 4.78 is 15.4. The second kappa shape index (κ2) is 11.8. The third-order valence-electron chi connectivity index (χ3n) is 3.76. The van der Waals surface area contributed by atoms with Crippen LogP contribution >= 0.6 is 23.2 Å². The summed E-state index contributed by atoms with van der Waals surface area (Å²) in [4.78, 5) is 23.9. The molecule has 9 heteroatoms. The standard InChI is InChI=1S/C22H20Cl2N2O5/c1-3-29-17-7-5-16(6-8-17)26-22(28)15(12-25)9-14-10-18(23)21(19(24)11-14)31-13-20(27)30-4-2/h5-11H,3-4,13H2,1-2H3,(H,26,28)/b15-9-. The minimum absolute atomic E-state index is 0.103. The molecule has 7 nitrogen and oxygen atoms in total. The lowest BCUT2D eigenvalue weighted by molar-refractivity contribution is -0.145. The van der Waals surface area contributed by atoms with Crippen LogP contribution in [0.15, 0.2) is 42.0 Å². The summed E-state index contributed by atoms with van der Waals surface area (Å²) in [5.41, 5.74) is 0.770. The Bertz CT molecular complexity index is 991. The second-order valence-electron chi connectivity index (χ2n) is 5.99. The van der Waals surface area contributed by atoms with E-state index in [1.54, 1.807) is 31.2 Å². The van der Waals surface area contributed by atoms with E-state index < -0.39 is 11.9 Å². The molecule has 0 aliphatic carbocycles. The lowest BCUT2D eigenvalue weighted by atomic mass is 10.1. The Hall–Kier alpha value is -3.21. The van der Waals surface area contributed by atoms with Gasteiger partial charge in [-0.2, -0.15) is 5.26 Å². The predicted molar refractivity (Wildman–Crippen MR) is 118 cm³/mol. The molecule has 0 fully saturated rings. The zero-order valence-corrected chi connectivity index (χ0v) is 18.4. The molecular weight excluding hydrogens is 443 g/mol. The number of benzene rings is 2. The van der Waals surface area contributed by atoms with Crippen molar-refractivity contribution in [2.45, 2.75) is 13.8 Å². The van der Waals surface area contributed by atoms with Gasteiger partial charge >= 0.3 is 5.97 Å². The molecular formula is C22H20Cl2N2O5. The third-order valence-corrected chi connectivity index (χ3v) is 4.32. The first-order valence-corrected chi connectivity index (χ1v) is 10.1. The second-order valence-corrected chi connectivity index (χ2v) is 6.80. The molecule has 0 saturated carbocycles. The maximum absolute atomic E-state index is 12.5. The lowest BCUT2D eigenvalue weighted by Crippen LogP contribution is -2.15. The minimum Gasteiger partial charge on any atom is -0.494 e. The highest BCUT2D eigenvalue weighted by Gasteiger charge is 2.14. The maximum Gasteiger partial charge on any atom is 0.344 e. The van der Waals surface area contributed by atoms with Crippen molar-refractivity contribution in [3.8, 4) is 17.6 Å². The quantitative estimate of drug-likeness (QED) is 0.324. The van der Waals surface area contributed by atoms with Crippen LogP contribution in [-0.4, -0.2) is 31.7 Å². The summed E-state index contributed by atoms with van der Waals surface area (Å²) in [5.74, 6) is -0.380. The van der Waals surface area contributed by atoms with Crippen molar-refractivity contribution in [3.05, 3.63) is 57.6 Å². The van der Waals surface area contributed by atoms with E-state index in [1.165, 1.54) is 18.2 Å². The zero-order chi connectivity index (χ0) is 22.8. The van der Waals surface area contributed by atoms with Gasteiger partial charge in [-0.1, -0.05) is 23.2 Å². The fraction of sp³-hybridized carbons (Fsp3) is 0.227. The Labute approximate surface area is 190 Å². The van der Waals surface area contributed by atoms with Crippen molar-refractivity contribution in [2.24, 2.45) is 0 Å². The summed E-state index contributed by atoms with van der Waals surface area (Å²) in [5, 5.41) is 12.3. The molecule has 0 heterocycles. The molecule has 0 aliphatic heterocycles. The summed E-state index contributed by atoms with van der Waals surface area (Å²) in [6, 6.07) is 11.6. The van der Waals surface area contributed by atoms with Gasteiger partial charge in [0.05, 0.1) is 23.3 Å². The van der Waals surface area contributed by atoms with Crippen molar-refractivity contribution in [1.82, 2.24) is 0 Å². The number of nitrogens with zero attached hydrogens (tertiary/aromatic N) is 1. The summed E-state index contributed by atoms with van der Waals surface area (Å²) in [6.07, 6.45) is 1.34. The molecule has 162 valence electrons. The number of esters is 1. The highest BCUT2D eigenvalue weighted by atomic mass is 35.5. The molecule has 1 amide bonds. The number of nitriles is 1. The number of amides is 1. The van der Waals surface area contributed by atoms with Gasteiger partial charge in [0.25, 0.3) is 5.91 Å². The Morgan fingerprint density at radius 2 is 1.71 bits per heavy atom. The number of rotatable bonds is 9. The van der Waals surface area contributed by atoms with Gasteiger partial charge in [-0.05, 0) is 61.9 Å². The van der Waals surface area contributed by atoms with Gasteiger partial charge in [0.2, 0.25) is 0 Å². The number of ether oxygens (including phenoxy) is 3. The molecule has 0 aliphatic rings. The highest BCUT2D eigenvalue weighted by Crippen LogP contribution is 2.35. The largest absolute Gasteiger partial charge is 0.494 e. The van der Waals surface area contributed by atoms with Crippen LogP contribution in [0.25, 0.3) is 6.08 Å². The lowest BCUT2D eigenvalue weighted by Gasteiger charge is -2.10. The van der Waals surface area contributed by atoms with Crippen molar-refractivity contribution < 1.29 is 23.8 Å². The fourth-order valence-electron chi connectivity index (χ4n) is 2.45. The van der Waals surface area contributed by atoms with Crippen LogP contribution in [0.4, 0.5) is 5.69 Å². The van der Waals surface area contributed by atoms with Crippen LogP contribution in [0, 0.1) is 11.3 Å². The number of halogens is 2. The number of carbonyl (C=O) groups excluding carboxylic acids is 2. The Kier molecular flexibility index (Phi) is 9.19. The van der Waals surface area contributed by atoms with E-state index in [2.05, 4.69) is 5.32 Å². The van der Waals surface area contributed by atoms with Crippen LogP contribution in [0.3, 0.4) is 0 Å². The van der Waals surface area contributed by atoms with Crippen LogP contribution < -0.4 is 14.8 Å². The third kappa shape index (κ3) is 7.21. The van der Waals surface area contributed by atoms with Gasteiger partial charge in [-0.25, -0.2) is 4.79 Å². The molecule has 2 aromatic carbocycles. The van der Waals surface area contributed by atoms with E-state index in [4.69, 9.17) is 37.4 Å². The van der Waals surface area contributed by atoms with Crippen molar-refractivity contribution >= 4 is 46.8 Å². The zero-order valence-electron chi connectivity index (χ0n) is 16.9. The fourth-order valence-corrected chi connectivity index (χ4v) is 3.06. The Morgan fingerprint density at radius 3 is 2.26 bits per heavy atom. The molecule has 2 rings (SSSR count). The first-order valence-electron chi connectivity index (χ1n) is 9.31. The van der Waals surface area contributed by atoms with Crippen LogP contribution in [0.2, 0.25) is 10.0 Å². The average Bonchev–Trinajstić information content (AvgIpc) is 2.73. The van der Waals surface area contributed by atoms with Crippen LogP contribution in [-0.2, 0) is 14.3 Å². The number of anilines is 1. The van der Waals surface area contributed by atoms with E-state index in [0.29, 0.717) is 23.6 Å². The average molecular weight is 463 g/mol. The normalized spacial score (nSPS) is 10.7. The molecule has 0 atom stereocenters. The summed E-state index contributed by atoms with van der Waals surface area (Å²) in [6.45, 7) is 3.96. The van der Waals surface area contributed by atoms with Gasteiger partial charge in [0.15, 0.2) is 12.4 Å². The first-order chi connectivity index (χ1) is 14.9. The maximum atomic E-state index is 12.5. The molecule has 2 aromatic rings. The molecule has 31 heavy (non-hydrogen) atoms. The van der Waals surface area contributed by atoms with Crippen molar-refractivity contribution in [2.75, 3.05) is 25.1 Å². The summed E-state index contributed by atoms with van der Waals surface area (Å²) in [7, 11) is 0. The van der Waals surface area contributed by atoms with Gasteiger partial charge in [0.1, 0.15) is 17.4 Å². The van der Waals surface area contributed by atoms with Crippen molar-refractivity contribution in [3.63, 3.8) is 0 Å². The Balaban J connectivity index is 2.14. The van der Waals surface area contributed by atoms with E-state index in [-0.39, 0.29) is 34.6 Å². The van der Waals surface area contributed by atoms with Gasteiger partial charge in [-0.3, -0.25) is 4.79 Å². The highest BCUT2D eigenvalue weighted by molar-refractivity contribution is 6.37. The smallest absolute Gasteiger partial charge is 0.344 e. The molecule has 0 radical (unpaired) electrons. The first kappa shape index (κ1) is 24.1. The van der Waals surface area contributed by atoms with E-state index >= 15 is 0 Å². The number of carbonyl (C=O) groups is 2. The molecule has 0 saturated heterocycles. The molecule has 0 bridgehead atoms. The van der Waals surface area contributed by atoms with E-state index in [1.807, 2.05) is 13.0 Å². The SMILES string of the molecule is CCOC(=O)COc1c(Cl)cc(/C=C(/C#N)C(=O)Nc2ccc(OCC)cc2)cc1Cl. The van der Waals surface area contributed by atoms with Gasteiger partial charge < -0.3 is 19.5 Å². The number of hydrogen-bond acceptors (Lipinski definition) is 6. The van der Waals surface area contributed by atoms with Crippen LogP contribution in [0.5, 0.6) is 11.5 Å². The summed E-state index contributed by atoms with van der Waals surface area (Å²) >= 11 is 12.4. The molecule has 1 N–H and O–H groups in total. The Morgan fingerprint density at radius 1 is 1.06 bits per heavy atom. The van der Waals surface area contributed by atoms with E-state index in [0.717, 1.165) is 0 Å². The van der Waals surface area contributed by atoms with Gasteiger partial charge in [0, 0.05) is 5.69 Å². The predicted octanol–water partition coefficient (Wildman–Crippen LogP) is 4.88. The monoisotopic (exact) mass is 462 g/mol. The van der Waals surface area contributed by atoms with E-state index in [9.17, 15) is 14.9 Å². The molecule has 0 aromatic heterocycles. The molecule has 0 unspecified atom stereocenters. The van der Waals surface area contributed by atoms with Crippen molar-refractivity contribution in [1.29, 1.82) is 5.26 Å². The topological polar surface area (TPSA) is 97.7 Å². The molecule has 0 spiro atoms. The number of nitrogens with one attached hydrogen (secondary N) is 1. The minimum atomic E-state index is -0.596. The van der Waals surface area contributed by atoms with Crippen LogP contribution in [0.1, 0.15) is 19.4 Å². The number of hydrogen-bond donors (Lipinski definition) is 1. The van der Waals surface area contributed by atoms with Gasteiger partial charge in [-0.15, -0.1) is 0 Å².